The van der Waals surface area contributed by atoms with Gasteiger partial charge in [-0.25, -0.2) is 9.59 Å². The van der Waals surface area contributed by atoms with E-state index in [9.17, 15) is 19.2 Å². The number of hydrogen-bond acceptors (Lipinski definition) is 6. The summed E-state index contributed by atoms with van der Waals surface area (Å²) in [4.78, 5) is 48.6. The predicted octanol–water partition coefficient (Wildman–Crippen LogP) is 2.61. The number of amides is 4. The Kier molecular flexibility index (Phi) is 7.98. The van der Waals surface area contributed by atoms with Gasteiger partial charge in [-0.3, -0.25) is 14.9 Å². The molecule has 1 aliphatic carbocycles. The third kappa shape index (κ3) is 6.33. The van der Waals surface area contributed by atoms with Crippen molar-refractivity contribution in [1.29, 1.82) is 0 Å². The van der Waals surface area contributed by atoms with Gasteiger partial charge in [-0.2, -0.15) is 0 Å². The van der Waals surface area contributed by atoms with Crippen LogP contribution in [-0.2, 0) is 27.2 Å². The van der Waals surface area contributed by atoms with Crippen molar-refractivity contribution >= 4 is 40.2 Å². The SMILES string of the molecule is CC(=O)Nc1sc2c(c1C(=O)OCC(=O)NC(=O)NCCC(C)C)CCCC2. The second-order valence-corrected chi connectivity index (χ2v) is 8.26. The maximum Gasteiger partial charge on any atom is 0.341 e. The molecule has 28 heavy (non-hydrogen) atoms. The predicted molar refractivity (Wildman–Crippen MR) is 107 cm³/mol. The van der Waals surface area contributed by atoms with Crippen LogP contribution in [0.5, 0.6) is 0 Å². The number of rotatable bonds is 7. The van der Waals surface area contributed by atoms with E-state index in [0.29, 0.717) is 23.0 Å². The smallest absolute Gasteiger partial charge is 0.341 e. The maximum absolute atomic E-state index is 12.6. The lowest BCUT2D eigenvalue weighted by Gasteiger charge is -2.13. The molecule has 0 fully saturated rings. The fraction of sp³-hybridized carbons (Fsp3) is 0.579. The van der Waals surface area contributed by atoms with Crippen LogP contribution in [-0.4, -0.2) is 37.0 Å². The maximum atomic E-state index is 12.6. The largest absolute Gasteiger partial charge is 0.452 e. The molecule has 0 bridgehead atoms. The quantitative estimate of drug-likeness (QED) is 0.599. The third-order valence-electron chi connectivity index (χ3n) is 4.26. The number of fused-ring (bicyclic) bond motifs is 1. The van der Waals surface area contributed by atoms with Gasteiger partial charge in [-0.15, -0.1) is 11.3 Å². The van der Waals surface area contributed by atoms with Crippen LogP contribution < -0.4 is 16.0 Å². The van der Waals surface area contributed by atoms with E-state index in [1.165, 1.54) is 18.3 Å². The van der Waals surface area contributed by atoms with Crippen LogP contribution in [0.1, 0.15) is 60.8 Å². The van der Waals surface area contributed by atoms with Gasteiger partial charge in [0.25, 0.3) is 5.91 Å². The average Bonchev–Trinajstić information content (AvgIpc) is 2.96. The zero-order valence-corrected chi connectivity index (χ0v) is 17.3. The van der Waals surface area contributed by atoms with Crippen LogP contribution in [0.3, 0.4) is 0 Å². The Bertz CT molecular complexity index is 757. The van der Waals surface area contributed by atoms with Crippen LogP contribution in [0.4, 0.5) is 9.80 Å². The van der Waals surface area contributed by atoms with Crippen molar-refractivity contribution in [3.63, 3.8) is 0 Å². The van der Waals surface area contributed by atoms with Crippen molar-refractivity contribution in [3.8, 4) is 0 Å². The molecule has 1 aromatic rings. The summed E-state index contributed by atoms with van der Waals surface area (Å²) in [7, 11) is 0. The van der Waals surface area contributed by atoms with E-state index >= 15 is 0 Å². The average molecular weight is 410 g/mol. The molecule has 1 aliphatic rings. The summed E-state index contributed by atoms with van der Waals surface area (Å²) >= 11 is 1.38. The number of hydrogen-bond donors (Lipinski definition) is 3. The van der Waals surface area contributed by atoms with E-state index in [-0.39, 0.29) is 5.91 Å². The van der Waals surface area contributed by atoms with E-state index in [1.807, 2.05) is 13.8 Å². The van der Waals surface area contributed by atoms with Crippen molar-refractivity contribution in [1.82, 2.24) is 10.6 Å². The molecule has 0 spiro atoms. The highest BCUT2D eigenvalue weighted by molar-refractivity contribution is 7.17. The van der Waals surface area contributed by atoms with Crippen molar-refractivity contribution in [2.75, 3.05) is 18.5 Å². The van der Waals surface area contributed by atoms with Gasteiger partial charge in [0.05, 0.1) is 5.56 Å². The molecule has 8 nitrogen and oxygen atoms in total. The van der Waals surface area contributed by atoms with Crippen LogP contribution >= 0.6 is 11.3 Å². The van der Waals surface area contributed by atoms with Crippen LogP contribution in [0.25, 0.3) is 0 Å². The van der Waals surface area contributed by atoms with Gasteiger partial charge in [0.1, 0.15) is 5.00 Å². The molecule has 0 aromatic carbocycles. The molecule has 154 valence electrons. The molecule has 0 aliphatic heterocycles. The second-order valence-electron chi connectivity index (χ2n) is 7.16. The molecule has 0 saturated carbocycles. The minimum Gasteiger partial charge on any atom is -0.452 e. The van der Waals surface area contributed by atoms with Crippen LogP contribution in [0, 0.1) is 5.92 Å². The first-order valence-electron chi connectivity index (χ1n) is 9.44. The molecule has 1 aromatic heterocycles. The highest BCUT2D eigenvalue weighted by Gasteiger charge is 2.27. The number of imide groups is 1. The molecule has 0 radical (unpaired) electrons. The molecule has 0 saturated heterocycles. The fourth-order valence-corrected chi connectivity index (χ4v) is 4.24. The Labute approximate surface area is 168 Å². The number of urea groups is 1. The first-order chi connectivity index (χ1) is 13.3. The molecule has 1 heterocycles. The van der Waals surface area contributed by atoms with Gasteiger partial charge < -0.3 is 15.4 Å². The van der Waals surface area contributed by atoms with Gasteiger partial charge in [0, 0.05) is 18.3 Å². The fourth-order valence-electron chi connectivity index (χ4n) is 2.91. The lowest BCUT2D eigenvalue weighted by Crippen LogP contribution is -2.42. The van der Waals surface area contributed by atoms with Gasteiger partial charge in [0.15, 0.2) is 6.61 Å². The number of nitrogens with one attached hydrogen (secondary N) is 3. The first-order valence-corrected chi connectivity index (χ1v) is 10.3. The van der Waals surface area contributed by atoms with Crippen molar-refractivity contribution < 1.29 is 23.9 Å². The number of esters is 1. The number of anilines is 1. The van der Waals surface area contributed by atoms with E-state index in [0.717, 1.165) is 42.5 Å². The van der Waals surface area contributed by atoms with Crippen molar-refractivity contribution in [3.05, 3.63) is 16.0 Å². The van der Waals surface area contributed by atoms with E-state index in [2.05, 4.69) is 16.0 Å². The number of thiophene rings is 1. The Morgan fingerprint density at radius 1 is 1.14 bits per heavy atom. The summed E-state index contributed by atoms with van der Waals surface area (Å²) in [5.41, 5.74) is 1.21. The molecular formula is C19H27N3O5S. The van der Waals surface area contributed by atoms with Gasteiger partial charge >= 0.3 is 12.0 Å². The van der Waals surface area contributed by atoms with E-state index < -0.39 is 24.5 Å². The summed E-state index contributed by atoms with van der Waals surface area (Å²) in [6, 6.07) is -0.617. The summed E-state index contributed by atoms with van der Waals surface area (Å²) in [6.07, 6.45) is 4.39. The van der Waals surface area contributed by atoms with Crippen LogP contribution in [0.15, 0.2) is 0 Å². The number of carbonyl (C=O) groups is 4. The van der Waals surface area contributed by atoms with Gasteiger partial charge in [-0.1, -0.05) is 13.8 Å². The van der Waals surface area contributed by atoms with Gasteiger partial charge in [0.2, 0.25) is 5.91 Å². The zero-order valence-electron chi connectivity index (χ0n) is 16.5. The summed E-state index contributed by atoms with van der Waals surface area (Å²) in [5.74, 6) is -1.21. The van der Waals surface area contributed by atoms with Crippen molar-refractivity contribution in [2.24, 2.45) is 5.92 Å². The Balaban J connectivity index is 1.93. The number of aryl methyl sites for hydroxylation is 1. The molecule has 0 unspecified atom stereocenters. The lowest BCUT2D eigenvalue weighted by molar-refractivity contribution is -0.123. The lowest BCUT2D eigenvalue weighted by atomic mass is 9.95. The van der Waals surface area contributed by atoms with E-state index in [1.54, 1.807) is 0 Å². The standard InChI is InChI=1S/C19H27N3O5S/c1-11(2)8-9-20-19(26)22-15(24)10-27-18(25)16-13-6-4-5-7-14(13)28-17(16)21-12(3)23/h11H,4-10H2,1-3H3,(H,21,23)(H2,20,22,24,26). The molecule has 3 N–H and O–H groups in total. The van der Waals surface area contributed by atoms with Crippen LogP contribution in [0.2, 0.25) is 0 Å². The minimum absolute atomic E-state index is 0.275. The molecular weight excluding hydrogens is 382 g/mol. The van der Waals surface area contributed by atoms with E-state index in [4.69, 9.17) is 4.74 Å². The van der Waals surface area contributed by atoms with Gasteiger partial charge in [-0.05, 0) is 43.6 Å². The summed E-state index contributed by atoms with van der Waals surface area (Å²) in [6.45, 7) is 5.32. The minimum atomic E-state index is -0.708. The number of carbonyl (C=O) groups excluding carboxylic acids is 4. The Morgan fingerprint density at radius 3 is 2.54 bits per heavy atom. The van der Waals surface area contributed by atoms with Crippen molar-refractivity contribution in [2.45, 2.75) is 52.9 Å². The second kappa shape index (κ2) is 10.2. The molecule has 4 amide bonds. The topological polar surface area (TPSA) is 114 Å². The normalized spacial score (nSPS) is 12.9. The molecule has 9 heteroatoms. The Morgan fingerprint density at radius 2 is 1.86 bits per heavy atom. The third-order valence-corrected chi connectivity index (χ3v) is 5.47. The highest BCUT2D eigenvalue weighted by atomic mass is 32.1. The zero-order chi connectivity index (χ0) is 20.7. The summed E-state index contributed by atoms with van der Waals surface area (Å²) in [5, 5.41) is 7.84. The number of ether oxygens (including phenoxy) is 1. The molecule has 0 atom stereocenters. The Hall–Kier alpha value is -2.42. The highest BCUT2D eigenvalue weighted by Crippen LogP contribution is 2.38. The first kappa shape index (κ1) is 21.9. The molecule has 2 rings (SSSR count). The summed E-state index contributed by atoms with van der Waals surface area (Å²) < 4.78 is 5.10. The monoisotopic (exact) mass is 409 g/mol.